The second-order valence-corrected chi connectivity index (χ2v) is 5.89. The van der Waals surface area contributed by atoms with Crippen LogP contribution in [0.4, 0.5) is 4.79 Å². The molecule has 0 spiro atoms. The maximum atomic E-state index is 11.5. The van der Waals surface area contributed by atoms with E-state index in [9.17, 15) is 4.79 Å². The lowest BCUT2D eigenvalue weighted by atomic mass is 10.1. The summed E-state index contributed by atoms with van der Waals surface area (Å²) in [6, 6.07) is 6.25. The highest BCUT2D eigenvalue weighted by atomic mass is 79.9. The van der Waals surface area contributed by atoms with E-state index in [0.29, 0.717) is 13.2 Å². The third kappa shape index (κ3) is 3.40. The molecule has 5 heteroatoms. The molecular formula is C16H21BrN2O2. The van der Waals surface area contributed by atoms with Gasteiger partial charge in [0, 0.05) is 40.2 Å². The van der Waals surface area contributed by atoms with Gasteiger partial charge in [0.2, 0.25) is 0 Å². The van der Waals surface area contributed by atoms with Gasteiger partial charge in [0.05, 0.1) is 6.61 Å². The summed E-state index contributed by atoms with van der Waals surface area (Å²) in [7, 11) is 2.08. The summed E-state index contributed by atoms with van der Waals surface area (Å²) in [5.41, 5.74) is 3.62. The molecule has 0 atom stereocenters. The highest BCUT2D eigenvalue weighted by Gasteiger charge is 2.15. The Morgan fingerprint density at radius 3 is 2.81 bits per heavy atom. The minimum atomic E-state index is -0.367. The number of carbonyl (C=O) groups excluding carboxylic acids is 1. The van der Waals surface area contributed by atoms with Gasteiger partial charge < -0.3 is 14.6 Å². The van der Waals surface area contributed by atoms with Crippen LogP contribution >= 0.6 is 15.9 Å². The zero-order valence-corrected chi connectivity index (χ0v) is 14.3. The second-order valence-electron chi connectivity index (χ2n) is 4.97. The molecule has 1 N–H and O–H groups in total. The molecule has 0 fully saturated rings. The summed E-state index contributed by atoms with van der Waals surface area (Å²) in [4.78, 5) is 11.5. The lowest BCUT2D eigenvalue weighted by Crippen LogP contribution is -2.24. The fourth-order valence-corrected chi connectivity index (χ4v) is 2.99. The van der Waals surface area contributed by atoms with Crippen molar-refractivity contribution in [3.63, 3.8) is 0 Å². The fourth-order valence-electron chi connectivity index (χ4n) is 2.64. The van der Waals surface area contributed by atoms with Crippen LogP contribution in [-0.4, -0.2) is 17.3 Å². The van der Waals surface area contributed by atoms with Crippen molar-refractivity contribution >= 4 is 32.9 Å². The molecule has 0 aliphatic heterocycles. The molecule has 0 unspecified atom stereocenters. The third-order valence-corrected chi connectivity index (χ3v) is 4.06. The van der Waals surface area contributed by atoms with E-state index in [4.69, 9.17) is 4.74 Å². The van der Waals surface area contributed by atoms with E-state index >= 15 is 0 Å². The number of halogens is 1. The highest BCUT2D eigenvalue weighted by molar-refractivity contribution is 9.10. The number of nitrogens with one attached hydrogen (secondary N) is 1. The third-order valence-electron chi connectivity index (χ3n) is 3.57. The average Bonchev–Trinajstić information content (AvgIpc) is 2.70. The molecule has 0 radical (unpaired) electrons. The highest BCUT2D eigenvalue weighted by Crippen LogP contribution is 2.28. The molecule has 0 bridgehead atoms. The Hall–Kier alpha value is -1.49. The predicted octanol–water partition coefficient (Wildman–Crippen LogP) is 4.14. The number of nitrogens with zero attached hydrogens (tertiary/aromatic N) is 1. The largest absolute Gasteiger partial charge is 0.450 e. The van der Waals surface area contributed by atoms with E-state index in [2.05, 4.69) is 51.9 Å². The first-order valence-corrected chi connectivity index (χ1v) is 8.04. The Morgan fingerprint density at radius 2 is 2.14 bits per heavy atom. The van der Waals surface area contributed by atoms with Crippen molar-refractivity contribution in [1.82, 2.24) is 9.88 Å². The number of ether oxygens (including phenoxy) is 1. The van der Waals surface area contributed by atoms with E-state index in [1.165, 1.54) is 22.2 Å². The van der Waals surface area contributed by atoms with Gasteiger partial charge in [-0.3, -0.25) is 0 Å². The lowest BCUT2D eigenvalue weighted by Gasteiger charge is -2.08. The first kappa shape index (κ1) is 15.9. The van der Waals surface area contributed by atoms with Crippen LogP contribution < -0.4 is 5.32 Å². The van der Waals surface area contributed by atoms with E-state index in [1.54, 1.807) is 6.92 Å². The molecule has 0 saturated heterocycles. The van der Waals surface area contributed by atoms with Gasteiger partial charge in [0.15, 0.2) is 0 Å². The minimum Gasteiger partial charge on any atom is -0.450 e. The van der Waals surface area contributed by atoms with Crippen LogP contribution in [-0.2, 0) is 24.8 Å². The molecule has 1 amide bonds. The molecule has 1 heterocycles. The van der Waals surface area contributed by atoms with Crippen molar-refractivity contribution in [1.29, 1.82) is 0 Å². The van der Waals surface area contributed by atoms with Crippen LogP contribution in [0.25, 0.3) is 10.9 Å². The number of amides is 1. The van der Waals surface area contributed by atoms with E-state index in [1.807, 2.05) is 6.07 Å². The van der Waals surface area contributed by atoms with Crippen molar-refractivity contribution in [2.45, 2.75) is 33.2 Å². The first-order valence-electron chi connectivity index (χ1n) is 7.24. The number of carbonyl (C=O) groups is 1. The van der Waals surface area contributed by atoms with Crippen molar-refractivity contribution in [3.8, 4) is 0 Å². The number of fused-ring (bicyclic) bond motifs is 1. The summed E-state index contributed by atoms with van der Waals surface area (Å²) in [5.74, 6) is 0. The molecule has 1 aromatic heterocycles. The van der Waals surface area contributed by atoms with Crippen LogP contribution in [0.5, 0.6) is 0 Å². The molecule has 0 aliphatic rings. The van der Waals surface area contributed by atoms with Crippen LogP contribution in [0.3, 0.4) is 0 Å². The molecule has 4 nitrogen and oxygen atoms in total. The number of hydrogen-bond donors (Lipinski definition) is 1. The maximum absolute atomic E-state index is 11.5. The Balaban J connectivity index is 2.39. The van der Waals surface area contributed by atoms with Gasteiger partial charge in [0.25, 0.3) is 0 Å². The molecule has 0 aliphatic carbocycles. The topological polar surface area (TPSA) is 43.3 Å². The van der Waals surface area contributed by atoms with Crippen molar-refractivity contribution in [2.75, 3.05) is 6.61 Å². The van der Waals surface area contributed by atoms with Gasteiger partial charge in [-0.2, -0.15) is 0 Å². The molecule has 2 aromatic rings. The Morgan fingerprint density at radius 1 is 1.38 bits per heavy atom. The van der Waals surface area contributed by atoms with Crippen molar-refractivity contribution < 1.29 is 9.53 Å². The summed E-state index contributed by atoms with van der Waals surface area (Å²) in [6.07, 6.45) is 1.69. The van der Waals surface area contributed by atoms with Crippen LogP contribution in [0.2, 0.25) is 0 Å². The predicted molar refractivity (Wildman–Crippen MR) is 88.5 cm³/mol. The first-order chi connectivity index (χ1) is 10.1. The minimum absolute atomic E-state index is 0.367. The van der Waals surface area contributed by atoms with Gasteiger partial charge in [-0.05, 0) is 25.5 Å². The van der Waals surface area contributed by atoms with Gasteiger partial charge in [-0.25, -0.2) is 4.79 Å². The summed E-state index contributed by atoms with van der Waals surface area (Å²) in [5, 5.41) is 4.01. The zero-order valence-electron chi connectivity index (χ0n) is 12.7. The fraction of sp³-hybridized carbons (Fsp3) is 0.438. The molecule has 0 saturated carbocycles. The van der Waals surface area contributed by atoms with Crippen molar-refractivity contribution in [2.24, 2.45) is 7.05 Å². The second kappa shape index (κ2) is 6.98. The van der Waals surface area contributed by atoms with Gasteiger partial charge >= 0.3 is 6.09 Å². The standard InChI is InChI=1S/C16H21BrN2O2/c1-4-6-14-13(10-18-16(20)21-5-2)12-8-7-11(17)9-15(12)19(14)3/h7-9H,4-6,10H2,1-3H3,(H,18,20). The number of alkyl carbamates (subject to hydrolysis) is 1. The smallest absolute Gasteiger partial charge is 0.407 e. The summed E-state index contributed by atoms with van der Waals surface area (Å²) < 4.78 is 8.21. The van der Waals surface area contributed by atoms with E-state index in [0.717, 1.165) is 17.3 Å². The number of benzene rings is 1. The number of aryl methyl sites for hydroxylation is 1. The Labute approximate surface area is 133 Å². The number of rotatable bonds is 5. The molecule has 2 rings (SSSR count). The lowest BCUT2D eigenvalue weighted by molar-refractivity contribution is 0.151. The summed E-state index contributed by atoms with van der Waals surface area (Å²) in [6.45, 7) is 4.84. The van der Waals surface area contributed by atoms with Gasteiger partial charge in [-0.15, -0.1) is 0 Å². The van der Waals surface area contributed by atoms with Crippen LogP contribution in [0, 0.1) is 0 Å². The molecular weight excluding hydrogens is 332 g/mol. The SMILES string of the molecule is CCCc1c(CNC(=O)OCC)c2ccc(Br)cc2n1C. The summed E-state index contributed by atoms with van der Waals surface area (Å²) >= 11 is 3.52. The molecule has 1 aromatic carbocycles. The number of hydrogen-bond acceptors (Lipinski definition) is 2. The van der Waals surface area contributed by atoms with E-state index in [-0.39, 0.29) is 6.09 Å². The van der Waals surface area contributed by atoms with Crippen molar-refractivity contribution in [3.05, 3.63) is 33.9 Å². The molecule has 21 heavy (non-hydrogen) atoms. The van der Waals surface area contributed by atoms with Crippen LogP contribution in [0.1, 0.15) is 31.5 Å². The molecule has 114 valence electrons. The zero-order chi connectivity index (χ0) is 15.4. The number of aromatic nitrogens is 1. The normalized spacial score (nSPS) is 10.9. The Bertz CT molecular complexity index is 649. The quantitative estimate of drug-likeness (QED) is 0.878. The maximum Gasteiger partial charge on any atom is 0.407 e. The Kier molecular flexibility index (Phi) is 5.28. The van der Waals surface area contributed by atoms with Gasteiger partial charge in [0.1, 0.15) is 0 Å². The average molecular weight is 353 g/mol. The monoisotopic (exact) mass is 352 g/mol. The van der Waals surface area contributed by atoms with Gasteiger partial charge in [-0.1, -0.05) is 35.3 Å². The van der Waals surface area contributed by atoms with Crippen LogP contribution in [0.15, 0.2) is 22.7 Å². The van der Waals surface area contributed by atoms with E-state index < -0.39 is 0 Å².